The van der Waals surface area contributed by atoms with Crippen molar-refractivity contribution < 1.29 is 15.0 Å². The fourth-order valence-corrected chi connectivity index (χ4v) is 2.80. The molecule has 0 heterocycles. The maximum absolute atomic E-state index is 10.3. The summed E-state index contributed by atoms with van der Waals surface area (Å²) < 4.78 is 0. The summed E-state index contributed by atoms with van der Waals surface area (Å²) in [4.78, 5) is 10.3. The van der Waals surface area contributed by atoms with E-state index in [0.29, 0.717) is 6.04 Å². The quantitative estimate of drug-likeness (QED) is 0.547. The summed E-state index contributed by atoms with van der Waals surface area (Å²) in [5.41, 5.74) is 2.87. The molecule has 0 amide bonds. The van der Waals surface area contributed by atoms with Gasteiger partial charge in [-0.15, -0.1) is 0 Å². The Balaban J connectivity index is 0.000000209. The molecule has 0 aliphatic heterocycles. The number of aliphatic hydroxyl groups excluding tert-OH is 1. The first-order chi connectivity index (χ1) is 13.5. The Morgan fingerprint density at radius 2 is 1.46 bits per heavy atom. The molecule has 0 aromatic heterocycles. The number of hydrogen-bond donors (Lipinski definition) is 3. The molecular formula is C23H24ClNO3. The highest BCUT2D eigenvalue weighted by molar-refractivity contribution is 6.31. The van der Waals surface area contributed by atoms with E-state index < -0.39 is 12.1 Å². The lowest BCUT2D eigenvalue weighted by Gasteiger charge is -2.14. The summed E-state index contributed by atoms with van der Waals surface area (Å²) in [6.45, 7) is 3.11. The van der Waals surface area contributed by atoms with Crippen LogP contribution in [0.2, 0.25) is 5.02 Å². The number of rotatable bonds is 6. The Morgan fingerprint density at radius 3 is 2.04 bits per heavy atom. The number of carboxylic acids is 1. The molecule has 0 saturated carbocycles. The van der Waals surface area contributed by atoms with Crippen molar-refractivity contribution in [3.63, 3.8) is 0 Å². The largest absolute Gasteiger partial charge is 0.479 e. The second-order valence-electron chi connectivity index (χ2n) is 6.26. The summed E-state index contributed by atoms with van der Waals surface area (Å²) >= 11 is 5.64. The second kappa shape index (κ2) is 11.2. The van der Waals surface area contributed by atoms with Crippen molar-refractivity contribution in [3.05, 3.63) is 107 Å². The van der Waals surface area contributed by atoms with Crippen molar-refractivity contribution in [2.24, 2.45) is 0 Å². The molecule has 5 heteroatoms. The lowest BCUT2D eigenvalue weighted by atomic mass is 10.1. The maximum Gasteiger partial charge on any atom is 0.337 e. The van der Waals surface area contributed by atoms with E-state index in [2.05, 4.69) is 60.8 Å². The van der Waals surface area contributed by atoms with E-state index in [1.54, 1.807) is 12.1 Å². The van der Waals surface area contributed by atoms with Gasteiger partial charge in [0.2, 0.25) is 0 Å². The molecule has 0 spiro atoms. The van der Waals surface area contributed by atoms with E-state index in [1.807, 2.05) is 12.1 Å². The Labute approximate surface area is 170 Å². The molecule has 0 radical (unpaired) electrons. The highest BCUT2D eigenvalue weighted by atomic mass is 35.5. The highest BCUT2D eigenvalue weighted by Gasteiger charge is 2.17. The first-order valence-electron chi connectivity index (χ1n) is 8.96. The van der Waals surface area contributed by atoms with Gasteiger partial charge in [0.1, 0.15) is 0 Å². The van der Waals surface area contributed by atoms with Gasteiger partial charge in [0.15, 0.2) is 6.10 Å². The van der Waals surface area contributed by atoms with Gasteiger partial charge in [-0.25, -0.2) is 4.79 Å². The van der Waals surface area contributed by atoms with E-state index >= 15 is 0 Å². The van der Waals surface area contributed by atoms with Gasteiger partial charge in [0, 0.05) is 23.2 Å². The Bertz CT molecular complexity index is 856. The molecule has 3 N–H and O–H groups in total. The molecule has 0 bridgehead atoms. The zero-order valence-corrected chi connectivity index (χ0v) is 16.4. The molecule has 146 valence electrons. The molecule has 0 saturated heterocycles. The van der Waals surface area contributed by atoms with Gasteiger partial charge in [-0.3, -0.25) is 0 Å². The zero-order valence-electron chi connectivity index (χ0n) is 15.6. The molecule has 2 atom stereocenters. The van der Waals surface area contributed by atoms with Crippen LogP contribution in [-0.2, 0) is 11.3 Å². The molecule has 0 unspecified atom stereocenters. The summed E-state index contributed by atoms with van der Waals surface area (Å²) in [6.07, 6.45) is -1.54. The van der Waals surface area contributed by atoms with Crippen LogP contribution >= 0.6 is 11.6 Å². The van der Waals surface area contributed by atoms with E-state index in [9.17, 15) is 4.79 Å². The van der Waals surface area contributed by atoms with Crippen LogP contribution in [0.15, 0.2) is 84.9 Å². The van der Waals surface area contributed by atoms with Crippen LogP contribution in [0.4, 0.5) is 0 Å². The van der Waals surface area contributed by atoms with Crippen LogP contribution in [0.25, 0.3) is 0 Å². The third-order valence-electron chi connectivity index (χ3n) is 4.19. The third-order valence-corrected chi connectivity index (χ3v) is 4.53. The number of nitrogens with one attached hydrogen (secondary N) is 1. The molecule has 28 heavy (non-hydrogen) atoms. The first-order valence-corrected chi connectivity index (χ1v) is 9.34. The number of carboxylic acid groups (broad SMARTS) is 1. The molecule has 0 aliphatic carbocycles. The predicted octanol–water partition coefficient (Wildman–Crippen LogP) is 5.00. The van der Waals surface area contributed by atoms with Crippen LogP contribution < -0.4 is 5.32 Å². The lowest BCUT2D eigenvalue weighted by Crippen LogP contribution is -2.17. The lowest BCUT2D eigenvalue weighted by molar-refractivity contribution is -0.146. The summed E-state index contributed by atoms with van der Waals surface area (Å²) in [5.74, 6) is -1.30. The average Bonchev–Trinajstić information content (AvgIpc) is 2.73. The number of aliphatic carboxylic acids is 1. The topological polar surface area (TPSA) is 69.6 Å². The summed E-state index contributed by atoms with van der Waals surface area (Å²) in [7, 11) is 0. The number of aliphatic hydroxyl groups is 1. The summed E-state index contributed by atoms with van der Waals surface area (Å²) in [5, 5.41) is 21.3. The van der Waals surface area contributed by atoms with Crippen LogP contribution in [-0.4, -0.2) is 16.2 Å². The predicted molar refractivity (Wildman–Crippen MR) is 112 cm³/mol. The van der Waals surface area contributed by atoms with Gasteiger partial charge in [0.25, 0.3) is 0 Å². The number of halogens is 1. The van der Waals surface area contributed by atoms with Gasteiger partial charge < -0.3 is 15.5 Å². The Kier molecular flexibility index (Phi) is 8.69. The van der Waals surface area contributed by atoms with Crippen molar-refractivity contribution in [3.8, 4) is 0 Å². The molecule has 0 aliphatic rings. The SMILES string of the molecule is C[C@@H](NCc1ccccc1)c1ccccc1.O=C(O)[C@H](O)c1ccccc1Cl. The van der Waals surface area contributed by atoms with Gasteiger partial charge in [-0.1, -0.05) is 90.5 Å². The van der Waals surface area contributed by atoms with Crippen LogP contribution in [0, 0.1) is 0 Å². The zero-order chi connectivity index (χ0) is 20.4. The monoisotopic (exact) mass is 397 g/mol. The first kappa shape index (κ1) is 21.6. The van der Waals surface area contributed by atoms with Crippen molar-refractivity contribution in [2.75, 3.05) is 0 Å². The Hall–Kier alpha value is -2.66. The molecular weight excluding hydrogens is 374 g/mol. The van der Waals surface area contributed by atoms with Crippen molar-refractivity contribution in [1.29, 1.82) is 0 Å². The third kappa shape index (κ3) is 6.82. The maximum atomic E-state index is 10.3. The number of carbonyl (C=O) groups is 1. The minimum atomic E-state index is -1.54. The van der Waals surface area contributed by atoms with Crippen molar-refractivity contribution in [2.45, 2.75) is 25.6 Å². The number of benzene rings is 3. The fraction of sp³-hybridized carbons (Fsp3) is 0.174. The van der Waals surface area contributed by atoms with Gasteiger partial charge in [-0.05, 0) is 24.1 Å². The second-order valence-corrected chi connectivity index (χ2v) is 6.67. The van der Waals surface area contributed by atoms with Crippen molar-refractivity contribution in [1.82, 2.24) is 5.32 Å². The number of hydrogen-bond acceptors (Lipinski definition) is 3. The molecule has 3 rings (SSSR count). The standard InChI is InChI=1S/C15H17N.C8H7ClO3/c1-13(15-10-6-3-7-11-15)16-12-14-8-4-2-5-9-14;9-6-4-2-1-3-5(6)7(10)8(11)12/h2-11,13,16H,12H2,1H3;1-4,7,10H,(H,11,12)/t13-;7-/m11/s1. The van der Waals surface area contributed by atoms with Crippen LogP contribution in [0.3, 0.4) is 0 Å². The molecule has 3 aromatic rings. The van der Waals surface area contributed by atoms with Gasteiger partial charge in [0.05, 0.1) is 0 Å². The highest BCUT2D eigenvalue weighted by Crippen LogP contribution is 2.22. The minimum Gasteiger partial charge on any atom is -0.479 e. The molecule has 0 fully saturated rings. The van der Waals surface area contributed by atoms with Gasteiger partial charge in [-0.2, -0.15) is 0 Å². The molecule has 3 aromatic carbocycles. The summed E-state index contributed by atoms with van der Waals surface area (Å²) in [6, 6.07) is 27.7. The van der Waals surface area contributed by atoms with Crippen LogP contribution in [0.5, 0.6) is 0 Å². The van der Waals surface area contributed by atoms with Crippen molar-refractivity contribution >= 4 is 17.6 Å². The average molecular weight is 398 g/mol. The fourth-order valence-electron chi connectivity index (χ4n) is 2.56. The van der Waals surface area contributed by atoms with E-state index in [0.717, 1.165) is 6.54 Å². The smallest absolute Gasteiger partial charge is 0.337 e. The van der Waals surface area contributed by atoms with E-state index in [4.69, 9.17) is 21.8 Å². The van der Waals surface area contributed by atoms with Gasteiger partial charge >= 0.3 is 5.97 Å². The minimum absolute atomic E-state index is 0.215. The molecule has 4 nitrogen and oxygen atoms in total. The van der Waals surface area contributed by atoms with E-state index in [1.165, 1.54) is 23.3 Å². The Morgan fingerprint density at radius 1 is 0.929 bits per heavy atom. The normalized spacial score (nSPS) is 12.4. The van der Waals surface area contributed by atoms with Crippen LogP contribution in [0.1, 0.15) is 35.8 Å². The van der Waals surface area contributed by atoms with E-state index in [-0.39, 0.29) is 10.6 Å².